The molecule has 1 amide bonds. The van der Waals surface area contributed by atoms with Crippen molar-refractivity contribution in [3.8, 4) is 17.0 Å². The number of hydrogen-bond acceptors (Lipinski definition) is 5. The molecule has 6 nitrogen and oxygen atoms in total. The third-order valence-corrected chi connectivity index (χ3v) is 3.85. The molecule has 2 N–H and O–H groups in total. The van der Waals surface area contributed by atoms with Crippen LogP contribution in [0.2, 0.25) is 0 Å². The highest BCUT2D eigenvalue weighted by atomic mass is 16.5. The number of nitrogens with zero attached hydrogens (tertiary/aromatic N) is 2. The summed E-state index contributed by atoms with van der Waals surface area (Å²) >= 11 is 0. The van der Waals surface area contributed by atoms with Crippen molar-refractivity contribution in [1.29, 1.82) is 0 Å². The van der Waals surface area contributed by atoms with Crippen molar-refractivity contribution >= 4 is 5.91 Å². The molecule has 1 fully saturated rings. The minimum absolute atomic E-state index is 0.0847. The summed E-state index contributed by atoms with van der Waals surface area (Å²) in [7, 11) is 0. The van der Waals surface area contributed by atoms with Gasteiger partial charge in [-0.05, 0) is 37.1 Å². The normalized spacial score (nSPS) is 14.2. The van der Waals surface area contributed by atoms with Crippen LogP contribution < -0.4 is 10.5 Å². The molecule has 0 radical (unpaired) electrons. The zero-order valence-electron chi connectivity index (χ0n) is 13.0. The molecule has 0 atom stereocenters. The molecule has 122 valence electrons. The molecule has 0 bridgehead atoms. The fraction of sp³-hybridized carbons (Fsp3) is 0.412. The van der Waals surface area contributed by atoms with Crippen molar-refractivity contribution in [2.75, 3.05) is 26.2 Å². The summed E-state index contributed by atoms with van der Waals surface area (Å²) in [5.74, 6) is 1.31. The van der Waals surface area contributed by atoms with Gasteiger partial charge in [0.15, 0.2) is 0 Å². The predicted octanol–water partition coefficient (Wildman–Crippen LogP) is 1.84. The maximum absolute atomic E-state index is 12.1. The summed E-state index contributed by atoms with van der Waals surface area (Å²) in [5, 5.41) is 0. The lowest BCUT2D eigenvalue weighted by atomic mass is 10.2. The van der Waals surface area contributed by atoms with E-state index in [0.717, 1.165) is 42.9 Å². The molecule has 0 aliphatic carbocycles. The number of amides is 1. The molecule has 1 aliphatic rings. The Kier molecular flexibility index (Phi) is 4.92. The van der Waals surface area contributed by atoms with Crippen molar-refractivity contribution in [2.24, 2.45) is 5.73 Å². The average Bonchev–Trinajstić information content (AvgIpc) is 3.25. The molecule has 1 aromatic heterocycles. The Bertz CT molecular complexity index is 645. The zero-order valence-corrected chi connectivity index (χ0v) is 13.0. The van der Waals surface area contributed by atoms with Crippen LogP contribution in [0.15, 0.2) is 34.9 Å². The molecular formula is C17H21N3O3. The van der Waals surface area contributed by atoms with Crippen molar-refractivity contribution in [1.82, 2.24) is 9.88 Å². The van der Waals surface area contributed by atoms with Crippen LogP contribution in [0, 0.1) is 0 Å². The van der Waals surface area contributed by atoms with Crippen molar-refractivity contribution in [3.05, 3.63) is 36.4 Å². The fourth-order valence-corrected chi connectivity index (χ4v) is 2.63. The number of carbonyl (C=O) groups is 1. The van der Waals surface area contributed by atoms with Gasteiger partial charge in [0, 0.05) is 25.2 Å². The molecule has 23 heavy (non-hydrogen) atoms. The molecule has 0 spiro atoms. The van der Waals surface area contributed by atoms with E-state index in [0.29, 0.717) is 19.0 Å². The molecule has 0 unspecified atom stereocenters. The Labute approximate surface area is 135 Å². The number of benzene rings is 1. The molecule has 2 aromatic rings. The summed E-state index contributed by atoms with van der Waals surface area (Å²) in [4.78, 5) is 18.4. The number of rotatable bonds is 6. The summed E-state index contributed by atoms with van der Waals surface area (Å²) in [6, 6.07) is 7.56. The van der Waals surface area contributed by atoms with E-state index in [1.807, 2.05) is 29.2 Å². The maximum Gasteiger partial charge on any atom is 0.231 e. The van der Waals surface area contributed by atoms with E-state index in [-0.39, 0.29) is 12.3 Å². The number of hydrogen-bond donors (Lipinski definition) is 1. The van der Waals surface area contributed by atoms with Gasteiger partial charge in [0.05, 0.1) is 0 Å². The van der Waals surface area contributed by atoms with Gasteiger partial charge < -0.3 is 19.8 Å². The van der Waals surface area contributed by atoms with Gasteiger partial charge in [0.2, 0.25) is 11.8 Å². The topological polar surface area (TPSA) is 81.6 Å². The Morgan fingerprint density at radius 1 is 1.26 bits per heavy atom. The number of aromatic nitrogens is 1. The van der Waals surface area contributed by atoms with E-state index < -0.39 is 0 Å². The Morgan fingerprint density at radius 2 is 2.00 bits per heavy atom. The third-order valence-electron chi connectivity index (χ3n) is 3.85. The SMILES string of the molecule is NCCOc1ccc(-c2coc(CC(=O)N3CCCC3)n2)cc1. The van der Waals surface area contributed by atoms with Gasteiger partial charge in [-0.3, -0.25) is 4.79 Å². The first kappa shape index (κ1) is 15.6. The lowest BCUT2D eigenvalue weighted by molar-refractivity contribution is -0.129. The number of nitrogens with two attached hydrogens (primary N) is 1. The van der Waals surface area contributed by atoms with Crippen LogP contribution in [0.1, 0.15) is 18.7 Å². The predicted molar refractivity (Wildman–Crippen MR) is 86.0 cm³/mol. The maximum atomic E-state index is 12.1. The third kappa shape index (κ3) is 3.90. The quantitative estimate of drug-likeness (QED) is 0.879. The van der Waals surface area contributed by atoms with Gasteiger partial charge in [-0.2, -0.15) is 0 Å². The average molecular weight is 315 g/mol. The zero-order chi connectivity index (χ0) is 16.1. The highest BCUT2D eigenvalue weighted by molar-refractivity contribution is 5.78. The molecule has 1 aromatic carbocycles. The smallest absolute Gasteiger partial charge is 0.231 e. The second-order valence-electron chi connectivity index (χ2n) is 5.55. The number of oxazole rings is 1. The Hall–Kier alpha value is -2.34. The fourth-order valence-electron chi connectivity index (χ4n) is 2.63. The number of ether oxygens (including phenoxy) is 1. The van der Waals surface area contributed by atoms with Crippen LogP contribution in [0.5, 0.6) is 5.75 Å². The van der Waals surface area contributed by atoms with E-state index in [2.05, 4.69) is 4.98 Å². The van der Waals surface area contributed by atoms with Crippen LogP contribution in [-0.2, 0) is 11.2 Å². The van der Waals surface area contributed by atoms with Crippen molar-refractivity contribution in [3.63, 3.8) is 0 Å². The highest BCUT2D eigenvalue weighted by Gasteiger charge is 2.20. The summed E-state index contributed by atoms with van der Waals surface area (Å²) in [6.45, 7) is 2.67. The minimum atomic E-state index is 0.0847. The number of likely N-dealkylation sites (tertiary alicyclic amines) is 1. The van der Waals surface area contributed by atoms with Crippen molar-refractivity contribution < 1.29 is 13.9 Å². The van der Waals surface area contributed by atoms with E-state index in [1.165, 1.54) is 0 Å². The van der Waals surface area contributed by atoms with Crippen LogP contribution in [0.4, 0.5) is 0 Å². The highest BCUT2D eigenvalue weighted by Crippen LogP contribution is 2.22. The molecule has 2 heterocycles. The summed E-state index contributed by atoms with van der Waals surface area (Å²) in [5.41, 5.74) is 7.05. The standard InChI is InChI=1S/C17H21N3O3/c18-7-10-22-14-5-3-13(4-6-14)15-12-23-16(19-15)11-17(21)20-8-1-2-9-20/h3-6,12H,1-2,7-11,18H2. The second-order valence-corrected chi connectivity index (χ2v) is 5.55. The lowest BCUT2D eigenvalue weighted by Crippen LogP contribution is -2.29. The van der Waals surface area contributed by atoms with Crippen LogP contribution >= 0.6 is 0 Å². The van der Waals surface area contributed by atoms with Crippen LogP contribution in [0.3, 0.4) is 0 Å². The molecule has 1 saturated heterocycles. The van der Waals surface area contributed by atoms with Gasteiger partial charge in [-0.25, -0.2) is 4.98 Å². The van der Waals surface area contributed by atoms with Gasteiger partial charge in [-0.1, -0.05) is 0 Å². The van der Waals surface area contributed by atoms with Gasteiger partial charge in [0.25, 0.3) is 0 Å². The molecule has 3 rings (SSSR count). The molecule has 6 heteroatoms. The summed E-state index contributed by atoms with van der Waals surface area (Å²) < 4.78 is 10.9. The van der Waals surface area contributed by atoms with Gasteiger partial charge in [0.1, 0.15) is 30.7 Å². The second kappa shape index (κ2) is 7.28. The van der Waals surface area contributed by atoms with Crippen LogP contribution in [0.25, 0.3) is 11.3 Å². The minimum Gasteiger partial charge on any atom is -0.492 e. The van der Waals surface area contributed by atoms with E-state index >= 15 is 0 Å². The Morgan fingerprint density at radius 3 is 2.70 bits per heavy atom. The molecular weight excluding hydrogens is 294 g/mol. The van der Waals surface area contributed by atoms with Gasteiger partial charge >= 0.3 is 0 Å². The van der Waals surface area contributed by atoms with E-state index in [4.69, 9.17) is 14.9 Å². The summed E-state index contributed by atoms with van der Waals surface area (Å²) in [6.07, 6.45) is 3.97. The largest absolute Gasteiger partial charge is 0.492 e. The van der Waals surface area contributed by atoms with Crippen molar-refractivity contribution in [2.45, 2.75) is 19.3 Å². The first-order valence-corrected chi connectivity index (χ1v) is 7.92. The first-order chi connectivity index (χ1) is 11.3. The Balaban J connectivity index is 1.63. The van der Waals surface area contributed by atoms with E-state index in [1.54, 1.807) is 6.26 Å². The number of carbonyl (C=O) groups excluding carboxylic acids is 1. The van der Waals surface area contributed by atoms with Crippen LogP contribution in [-0.4, -0.2) is 42.0 Å². The monoisotopic (exact) mass is 315 g/mol. The first-order valence-electron chi connectivity index (χ1n) is 7.92. The van der Waals surface area contributed by atoms with Gasteiger partial charge in [-0.15, -0.1) is 0 Å². The molecule has 0 saturated carbocycles. The molecule has 1 aliphatic heterocycles. The van der Waals surface area contributed by atoms with E-state index in [9.17, 15) is 4.79 Å². The lowest BCUT2D eigenvalue weighted by Gasteiger charge is -2.13.